The zero-order valence-corrected chi connectivity index (χ0v) is 11.3. The van der Waals surface area contributed by atoms with Crippen molar-refractivity contribution in [1.82, 2.24) is 10.4 Å². The summed E-state index contributed by atoms with van der Waals surface area (Å²) in [6.45, 7) is 0. The summed E-state index contributed by atoms with van der Waals surface area (Å²) in [4.78, 5) is 4.22. The molecule has 0 aliphatic rings. The van der Waals surface area contributed by atoms with Crippen molar-refractivity contribution in [2.45, 2.75) is 6.04 Å². The van der Waals surface area contributed by atoms with Gasteiger partial charge in [0.2, 0.25) is 0 Å². The van der Waals surface area contributed by atoms with E-state index >= 15 is 0 Å². The highest BCUT2D eigenvalue weighted by molar-refractivity contribution is 5.44. The van der Waals surface area contributed by atoms with Gasteiger partial charge in [0.25, 0.3) is 0 Å². The van der Waals surface area contributed by atoms with Crippen LogP contribution in [0.4, 0.5) is 4.39 Å². The molecule has 1 aromatic heterocycles. The molecule has 1 atom stereocenters. The summed E-state index contributed by atoms with van der Waals surface area (Å²) in [5, 5.41) is 0. The van der Waals surface area contributed by atoms with Crippen molar-refractivity contribution in [1.29, 1.82) is 0 Å². The van der Waals surface area contributed by atoms with Crippen molar-refractivity contribution < 1.29 is 13.9 Å². The summed E-state index contributed by atoms with van der Waals surface area (Å²) in [5.41, 5.74) is 3.34. The van der Waals surface area contributed by atoms with E-state index in [9.17, 15) is 4.39 Å². The molecule has 2 aromatic rings. The first-order valence-electron chi connectivity index (χ1n) is 6.00. The van der Waals surface area contributed by atoms with E-state index in [0.717, 1.165) is 0 Å². The first-order chi connectivity index (χ1) is 9.72. The summed E-state index contributed by atoms with van der Waals surface area (Å²) < 4.78 is 24.6. The van der Waals surface area contributed by atoms with Gasteiger partial charge in [0.15, 0.2) is 0 Å². The van der Waals surface area contributed by atoms with Gasteiger partial charge in [-0.05, 0) is 24.3 Å². The average Bonchev–Trinajstić information content (AvgIpc) is 2.50. The SMILES string of the molecule is COc1cccnc1C(NN)c1c(F)cccc1OC. The van der Waals surface area contributed by atoms with Gasteiger partial charge in [0, 0.05) is 6.20 Å². The molecule has 2 rings (SSSR count). The fourth-order valence-electron chi connectivity index (χ4n) is 2.07. The van der Waals surface area contributed by atoms with E-state index in [4.69, 9.17) is 15.3 Å². The first kappa shape index (κ1) is 14.2. The molecule has 0 spiro atoms. The maximum atomic E-state index is 14.2. The van der Waals surface area contributed by atoms with Crippen molar-refractivity contribution in [3.63, 3.8) is 0 Å². The van der Waals surface area contributed by atoms with Crippen LogP contribution in [0.3, 0.4) is 0 Å². The minimum absolute atomic E-state index is 0.287. The molecule has 106 valence electrons. The van der Waals surface area contributed by atoms with Gasteiger partial charge >= 0.3 is 0 Å². The van der Waals surface area contributed by atoms with Crippen LogP contribution < -0.4 is 20.7 Å². The topological polar surface area (TPSA) is 69.4 Å². The van der Waals surface area contributed by atoms with E-state index in [1.807, 2.05) is 0 Å². The normalized spacial score (nSPS) is 12.0. The highest BCUT2D eigenvalue weighted by Gasteiger charge is 2.25. The average molecular weight is 277 g/mol. The molecule has 20 heavy (non-hydrogen) atoms. The number of halogens is 1. The minimum atomic E-state index is -0.678. The standard InChI is InChI=1S/C14H16FN3O2/c1-19-10-6-3-5-9(15)12(10)14(18-16)13-11(20-2)7-4-8-17-13/h3-8,14,18H,16H2,1-2H3. The number of nitrogens with two attached hydrogens (primary N) is 1. The molecular formula is C14H16FN3O2. The molecule has 5 nitrogen and oxygen atoms in total. The molecule has 0 amide bonds. The van der Waals surface area contributed by atoms with E-state index < -0.39 is 11.9 Å². The third kappa shape index (κ3) is 2.56. The number of hydrogen-bond acceptors (Lipinski definition) is 5. The Hall–Kier alpha value is -2.18. The second kappa shape index (κ2) is 6.31. The number of nitrogens with one attached hydrogen (secondary N) is 1. The summed E-state index contributed by atoms with van der Waals surface area (Å²) in [6.07, 6.45) is 1.59. The van der Waals surface area contributed by atoms with Gasteiger partial charge in [0.05, 0.1) is 25.8 Å². The van der Waals surface area contributed by atoms with Crippen LogP contribution in [0.5, 0.6) is 11.5 Å². The van der Waals surface area contributed by atoms with Gasteiger partial charge in [-0.25, -0.2) is 9.82 Å². The van der Waals surface area contributed by atoms with Gasteiger partial charge < -0.3 is 9.47 Å². The van der Waals surface area contributed by atoms with E-state index in [0.29, 0.717) is 17.2 Å². The van der Waals surface area contributed by atoms with Crippen LogP contribution in [0.15, 0.2) is 36.5 Å². The van der Waals surface area contributed by atoms with E-state index in [1.165, 1.54) is 20.3 Å². The molecule has 1 aromatic carbocycles. The predicted octanol–water partition coefficient (Wildman–Crippen LogP) is 1.79. The maximum Gasteiger partial charge on any atom is 0.142 e. The van der Waals surface area contributed by atoms with Gasteiger partial charge in [-0.1, -0.05) is 6.07 Å². The smallest absolute Gasteiger partial charge is 0.142 e. The number of aromatic nitrogens is 1. The summed E-state index contributed by atoms with van der Waals surface area (Å²) in [6, 6.07) is 7.37. The molecule has 1 unspecified atom stereocenters. The third-order valence-corrected chi connectivity index (χ3v) is 2.98. The van der Waals surface area contributed by atoms with Crippen molar-refractivity contribution in [2.75, 3.05) is 14.2 Å². The van der Waals surface area contributed by atoms with E-state index in [-0.39, 0.29) is 5.56 Å². The molecule has 0 radical (unpaired) electrons. The number of methoxy groups -OCH3 is 2. The number of nitrogens with zero attached hydrogens (tertiary/aromatic N) is 1. The van der Waals surface area contributed by atoms with Crippen LogP contribution in [0.25, 0.3) is 0 Å². The predicted molar refractivity (Wildman–Crippen MR) is 72.9 cm³/mol. The number of ether oxygens (including phenoxy) is 2. The Kier molecular flexibility index (Phi) is 4.49. The Morgan fingerprint density at radius 1 is 1.15 bits per heavy atom. The zero-order chi connectivity index (χ0) is 14.5. The zero-order valence-electron chi connectivity index (χ0n) is 11.3. The number of benzene rings is 1. The van der Waals surface area contributed by atoms with Crippen LogP contribution in [-0.4, -0.2) is 19.2 Å². The number of hydrogen-bond donors (Lipinski definition) is 2. The molecule has 6 heteroatoms. The van der Waals surface area contributed by atoms with Gasteiger partial charge in [-0.3, -0.25) is 10.8 Å². The maximum absolute atomic E-state index is 14.2. The molecule has 0 aliphatic heterocycles. The number of pyridine rings is 1. The highest BCUT2D eigenvalue weighted by atomic mass is 19.1. The lowest BCUT2D eigenvalue weighted by Gasteiger charge is -2.20. The van der Waals surface area contributed by atoms with Crippen molar-refractivity contribution >= 4 is 0 Å². The largest absolute Gasteiger partial charge is 0.496 e. The van der Waals surface area contributed by atoms with Crippen molar-refractivity contribution in [2.24, 2.45) is 5.84 Å². The summed E-state index contributed by atoms with van der Waals surface area (Å²) in [5.74, 6) is 6.06. The quantitative estimate of drug-likeness (QED) is 0.644. The Bertz CT molecular complexity index is 592. The van der Waals surface area contributed by atoms with Crippen LogP contribution in [-0.2, 0) is 0 Å². The molecule has 0 saturated carbocycles. The first-order valence-corrected chi connectivity index (χ1v) is 6.00. The summed E-state index contributed by atoms with van der Waals surface area (Å²) >= 11 is 0. The van der Waals surface area contributed by atoms with Crippen LogP contribution >= 0.6 is 0 Å². The highest BCUT2D eigenvalue weighted by Crippen LogP contribution is 2.34. The lowest BCUT2D eigenvalue weighted by molar-refractivity contribution is 0.385. The monoisotopic (exact) mass is 277 g/mol. The second-order valence-electron chi connectivity index (χ2n) is 4.05. The fourth-order valence-corrected chi connectivity index (χ4v) is 2.07. The van der Waals surface area contributed by atoms with Gasteiger partial charge in [-0.2, -0.15) is 0 Å². The summed E-state index contributed by atoms with van der Waals surface area (Å²) in [7, 11) is 2.99. The molecule has 1 heterocycles. The van der Waals surface area contributed by atoms with E-state index in [2.05, 4.69) is 10.4 Å². The fraction of sp³-hybridized carbons (Fsp3) is 0.214. The van der Waals surface area contributed by atoms with Crippen molar-refractivity contribution in [3.8, 4) is 11.5 Å². The number of hydrazine groups is 1. The van der Waals surface area contributed by atoms with Crippen molar-refractivity contribution in [3.05, 3.63) is 53.6 Å². The lowest BCUT2D eigenvalue weighted by atomic mass is 10.0. The van der Waals surface area contributed by atoms with Gasteiger partial charge in [0.1, 0.15) is 23.0 Å². The molecule has 0 bridgehead atoms. The van der Waals surface area contributed by atoms with E-state index in [1.54, 1.807) is 30.5 Å². The van der Waals surface area contributed by atoms with Crippen LogP contribution in [0, 0.1) is 5.82 Å². The van der Waals surface area contributed by atoms with Crippen LogP contribution in [0.2, 0.25) is 0 Å². The molecule has 0 aliphatic carbocycles. The Morgan fingerprint density at radius 3 is 2.50 bits per heavy atom. The lowest BCUT2D eigenvalue weighted by Crippen LogP contribution is -2.31. The Balaban J connectivity index is 2.58. The second-order valence-corrected chi connectivity index (χ2v) is 4.05. The third-order valence-electron chi connectivity index (χ3n) is 2.98. The molecule has 0 fully saturated rings. The van der Waals surface area contributed by atoms with Gasteiger partial charge in [-0.15, -0.1) is 0 Å². The molecule has 0 saturated heterocycles. The number of rotatable bonds is 5. The Morgan fingerprint density at radius 2 is 1.85 bits per heavy atom. The molecule has 3 N–H and O–H groups in total. The minimum Gasteiger partial charge on any atom is -0.496 e. The van der Waals surface area contributed by atoms with Crippen LogP contribution in [0.1, 0.15) is 17.3 Å². The Labute approximate surface area is 116 Å². The molecular weight excluding hydrogens is 261 g/mol.